The number of aromatic nitrogens is 4. The maximum Gasteiger partial charge on any atom is 0.278 e. The number of carbonyl (C=O) groups excluding carboxylic acids is 1. The van der Waals surface area contributed by atoms with E-state index in [2.05, 4.69) is 20.0 Å². The van der Waals surface area contributed by atoms with E-state index in [9.17, 15) is 14.7 Å². The van der Waals surface area contributed by atoms with Gasteiger partial charge in [-0.3, -0.25) is 9.59 Å². The number of anilines is 1. The van der Waals surface area contributed by atoms with Gasteiger partial charge in [-0.2, -0.15) is 9.78 Å². The fourth-order valence-electron chi connectivity index (χ4n) is 3.45. The lowest BCUT2D eigenvalue weighted by molar-refractivity contribution is 0.0735. The molecule has 9 heteroatoms. The quantitative estimate of drug-likeness (QED) is 0.699. The summed E-state index contributed by atoms with van der Waals surface area (Å²) in [5.74, 6) is -0.00116. The molecule has 4 rings (SSSR count). The van der Waals surface area contributed by atoms with E-state index in [4.69, 9.17) is 0 Å². The van der Waals surface area contributed by atoms with Gasteiger partial charge in [0.15, 0.2) is 11.4 Å². The lowest BCUT2D eigenvalue weighted by Gasteiger charge is -2.35. The summed E-state index contributed by atoms with van der Waals surface area (Å²) in [5.41, 5.74) is 1.74. The van der Waals surface area contributed by atoms with Gasteiger partial charge in [0.2, 0.25) is 0 Å². The molecule has 9 nitrogen and oxygen atoms in total. The van der Waals surface area contributed by atoms with E-state index < -0.39 is 17.2 Å². The zero-order valence-electron chi connectivity index (χ0n) is 16.8. The van der Waals surface area contributed by atoms with Crippen molar-refractivity contribution in [2.24, 2.45) is 0 Å². The zero-order chi connectivity index (χ0) is 21.3. The van der Waals surface area contributed by atoms with Crippen LogP contribution >= 0.6 is 0 Å². The molecule has 1 N–H and O–H groups in total. The van der Waals surface area contributed by atoms with E-state index in [1.165, 1.54) is 6.33 Å². The monoisotopic (exact) mass is 406 g/mol. The first-order chi connectivity index (χ1) is 14.4. The Morgan fingerprint density at radius 3 is 2.50 bits per heavy atom. The van der Waals surface area contributed by atoms with Crippen molar-refractivity contribution in [3.8, 4) is 11.4 Å². The topological polar surface area (TPSA) is 104 Å². The molecule has 3 aromatic rings. The number of rotatable bonds is 3. The Hall–Kier alpha value is -3.75. The number of amides is 1. The van der Waals surface area contributed by atoms with Gasteiger partial charge in [0.1, 0.15) is 12.1 Å². The van der Waals surface area contributed by atoms with Gasteiger partial charge in [-0.05, 0) is 31.5 Å². The van der Waals surface area contributed by atoms with Crippen LogP contribution in [0.15, 0.2) is 47.5 Å². The third-order valence-corrected chi connectivity index (χ3v) is 5.04. The number of aryl methyl sites for hydroxylation is 2. The Bertz CT molecular complexity index is 1150. The molecule has 3 heterocycles. The molecule has 0 aliphatic carbocycles. The van der Waals surface area contributed by atoms with Crippen LogP contribution in [0.25, 0.3) is 5.69 Å². The molecule has 1 aliphatic heterocycles. The first-order valence-corrected chi connectivity index (χ1v) is 9.65. The summed E-state index contributed by atoms with van der Waals surface area (Å²) in [5, 5.41) is 14.4. The standard InChI is InChI=1S/C21H22N6O3/c1-14-4-3-5-16(10-14)27-19(29)12-17(28)20(24-27)21(30)26-8-6-25(7-9-26)18-11-15(2)22-13-23-18/h3-5,10-13,28H,6-9H2,1-2H3. The number of hydrogen-bond donors (Lipinski definition) is 1. The van der Waals surface area contributed by atoms with E-state index in [1.54, 1.807) is 23.1 Å². The number of benzene rings is 1. The first-order valence-electron chi connectivity index (χ1n) is 9.65. The lowest BCUT2D eigenvalue weighted by atomic mass is 10.2. The number of aromatic hydroxyl groups is 1. The third-order valence-electron chi connectivity index (χ3n) is 5.04. The molecule has 2 aromatic heterocycles. The normalized spacial score (nSPS) is 14.1. The second kappa shape index (κ2) is 7.94. The Morgan fingerprint density at radius 1 is 1.03 bits per heavy atom. The van der Waals surface area contributed by atoms with Crippen molar-refractivity contribution < 1.29 is 9.90 Å². The molecule has 0 spiro atoms. The minimum Gasteiger partial charge on any atom is -0.505 e. The van der Waals surface area contributed by atoms with Gasteiger partial charge in [0, 0.05) is 44.0 Å². The Kier molecular flexibility index (Phi) is 5.18. The van der Waals surface area contributed by atoms with Crippen molar-refractivity contribution in [1.82, 2.24) is 24.6 Å². The molecule has 0 bridgehead atoms. The van der Waals surface area contributed by atoms with Gasteiger partial charge in [-0.1, -0.05) is 12.1 Å². The second-order valence-corrected chi connectivity index (χ2v) is 7.26. The summed E-state index contributed by atoms with van der Waals surface area (Å²) in [6.45, 7) is 5.91. The van der Waals surface area contributed by atoms with Crippen molar-refractivity contribution in [1.29, 1.82) is 0 Å². The average molecular weight is 406 g/mol. The summed E-state index contributed by atoms with van der Waals surface area (Å²) >= 11 is 0. The highest BCUT2D eigenvalue weighted by Crippen LogP contribution is 2.19. The highest BCUT2D eigenvalue weighted by atomic mass is 16.3. The van der Waals surface area contributed by atoms with E-state index in [0.29, 0.717) is 31.9 Å². The van der Waals surface area contributed by atoms with Gasteiger partial charge >= 0.3 is 0 Å². The lowest BCUT2D eigenvalue weighted by Crippen LogP contribution is -2.49. The summed E-state index contributed by atoms with van der Waals surface area (Å²) in [6, 6.07) is 10.2. The predicted octanol–water partition coefficient (Wildman–Crippen LogP) is 1.31. The molecule has 154 valence electrons. The number of hydrogen-bond acceptors (Lipinski definition) is 7. The minimum atomic E-state index is -0.501. The number of carbonyl (C=O) groups is 1. The fraction of sp³-hybridized carbons (Fsp3) is 0.286. The molecule has 1 saturated heterocycles. The molecule has 1 aliphatic rings. The molecule has 0 saturated carbocycles. The highest BCUT2D eigenvalue weighted by molar-refractivity contribution is 5.94. The molecule has 0 atom stereocenters. The van der Waals surface area contributed by atoms with E-state index >= 15 is 0 Å². The smallest absolute Gasteiger partial charge is 0.278 e. The van der Waals surface area contributed by atoms with E-state index in [1.807, 2.05) is 26.0 Å². The minimum absolute atomic E-state index is 0.137. The molecule has 0 radical (unpaired) electrons. The van der Waals surface area contributed by atoms with Crippen LogP contribution in [-0.2, 0) is 0 Å². The van der Waals surface area contributed by atoms with Crippen molar-refractivity contribution in [3.63, 3.8) is 0 Å². The molecule has 1 aromatic carbocycles. The van der Waals surface area contributed by atoms with Crippen molar-refractivity contribution in [2.75, 3.05) is 31.1 Å². The Labute approximate surface area is 173 Å². The molecule has 1 fully saturated rings. The summed E-state index contributed by atoms with van der Waals surface area (Å²) in [7, 11) is 0. The van der Waals surface area contributed by atoms with Gasteiger partial charge in [-0.25, -0.2) is 9.97 Å². The van der Waals surface area contributed by atoms with E-state index in [-0.39, 0.29) is 5.69 Å². The SMILES string of the molecule is Cc1cccc(-n2nc(C(=O)N3CCN(c4cc(C)ncn4)CC3)c(O)cc2=O)c1. The van der Waals surface area contributed by atoms with Crippen LogP contribution in [0.4, 0.5) is 5.82 Å². The van der Waals surface area contributed by atoms with E-state index in [0.717, 1.165) is 27.8 Å². The van der Waals surface area contributed by atoms with Crippen LogP contribution < -0.4 is 10.5 Å². The van der Waals surface area contributed by atoms with Crippen LogP contribution in [0.2, 0.25) is 0 Å². The largest absolute Gasteiger partial charge is 0.505 e. The molecular weight excluding hydrogens is 384 g/mol. The second-order valence-electron chi connectivity index (χ2n) is 7.26. The maximum absolute atomic E-state index is 13.0. The van der Waals surface area contributed by atoms with Gasteiger partial charge in [-0.15, -0.1) is 0 Å². The molecule has 0 unspecified atom stereocenters. The number of piperazine rings is 1. The van der Waals surface area contributed by atoms with Crippen LogP contribution in [0.1, 0.15) is 21.7 Å². The molecule has 30 heavy (non-hydrogen) atoms. The Balaban J connectivity index is 1.55. The van der Waals surface area contributed by atoms with Crippen LogP contribution in [0, 0.1) is 13.8 Å². The molecular formula is C21H22N6O3. The van der Waals surface area contributed by atoms with Crippen molar-refractivity contribution in [2.45, 2.75) is 13.8 Å². The van der Waals surface area contributed by atoms with Crippen LogP contribution in [0.3, 0.4) is 0 Å². The predicted molar refractivity (Wildman–Crippen MR) is 111 cm³/mol. The number of nitrogens with zero attached hydrogens (tertiary/aromatic N) is 6. The van der Waals surface area contributed by atoms with Crippen LogP contribution in [-0.4, -0.2) is 61.8 Å². The van der Waals surface area contributed by atoms with Crippen molar-refractivity contribution >= 4 is 11.7 Å². The summed E-state index contributed by atoms with van der Waals surface area (Å²) in [4.78, 5) is 37.5. The fourth-order valence-corrected chi connectivity index (χ4v) is 3.45. The molecule has 1 amide bonds. The highest BCUT2D eigenvalue weighted by Gasteiger charge is 2.27. The average Bonchev–Trinajstić information content (AvgIpc) is 2.73. The summed E-state index contributed by atoms with van der Waals surface area (Å²) < 4.78 is 1.14. The third kappa shape index (κ3) is 3.86. The van der Waals surface area contributed by atoms with Gasteiger partial charge < -0.3 is 14.9 Å². The van der Waals surface area contributed by atoms with Crippen LogP contribution in [0.5, 0.6) is 5.75 Å². The maximum atomic E-state index is 13.0. The Morgan fingerprint density at radius 2 is 1.80 bits per heavy atom. The van der Waals surface area contributed by atoms with Gasteiger partial charge in [0.25, 0.3) is 11.5 Å². The summed E-state index contributed by atoms with van der Waals surface area (Å²) in [6.07, 6.45) is 1.53. The first kappa shape index (κ1) is 19.6. The van der Waals surface area contributed by atoms with Crippen molar-refractivity contribution in [3.05, 3.63) is 70.0 Å². The van der Waals surface area contributed by atoms with Gasteiger partial charge in [0.05, 0.1) is 5.69 Å². The zero-order valence-corrected chi connectivity index (χ0v) is 16.8.